The summed E-state index contributed by atoms with van der Waals surface area (Å²) < 4.78 is 18.1. The van der Waals surface area contributed by atoms with Gasteiger partial charge in [-0.2, -0.15) is 5.10 Å². The molecule has 5 heterocycles. The molecule has 10 nitrogen and oxygen atoms in total. The number of hydrogen-bond donors (Lipinski definition) is 1. The molecule has 0 radical (unpaired) electrons. The SMILES string of the molecule is Cc1cc(OCCCc2c3n(c4c(-c5c(C)nn(CC6CCOCC6)c5C)c(Cl)ccc24)C(C)CN(c2cn(C)c4ccc(C(=O)O)cc24)C3=O)cc(C)c1Cl. The third kappa shape index (κ3) is 6.55. The lowest BCUT2D eigenvalue weighted by atomic mass is 9.97. The summed E-state index contributed by atoms with van der Waals surface area (Å²) in [6, 6.07) is 12.8. The average Bonchev–Trinajstić information content (AvgIpc) is 3.78. The summed E-state index contributed by atoms with van der Waals surface area (Å²) in [5.41, 5.74) is 9.91. The average molecular weight is 797 g/mol. The highest BCUT2D eigenvalue weighted by Gasteiger charge is 2.38. The van der Waals surface area contributed by atoms with Gasteiger partial charge in [0, 0.05) is 83.7 Å². The predicted octanol–water partition coefficient (Wildman–Crippen LogP) is 9.89. The van der Waals surface area contributed by atoms with E-state index >= 15 is 4.79 Å². The third-order valence-electron chi connectivity index (χ3n) is 11.7. The van der Waals surface area contributed by atoms with E-state index in [0.29, 0.717) is 53.7 Å². The van der Waals surface area contributed by atoms with Crippen molar-refractivity contribution in [1.29, 1.82) is 0 Å². The zero-order valence-corrected chi connectivity index (χ0v) is 34.2. The smallest absolute Gasteiger partial charge is 0.335 e. The van der Waals surface area contributed by atoms with Gasteiger partial charge in [0.05, 0.1) is 34.1 Å². The van der Waals surface area contributed by atoms with Crippen LogP contribution >= 0.6 is 23.2 Å². The predicted molar refractivity (Wildman–Crippen MR) is 222 cm³/mol. The molecule has 1 amide bonds. The summed E-state index contributed by atoms with van der Waals surface area (Å²) >= 11 is 13.7. The molecule has 0 saturated carbocycles. The molecular weight excluding hydrogens is 749 g/mol. The van der Waals surface area contributed by atoms with Crippen LogP contribution in [0.4, 0.5) is 5.69 Å². The number of aromatic nitrogens is 4. The van der Waals surface area contributed by atoms with Gasteiger partial charge >= 0.3 is 5.97 Å². The van der Waals surface area contributed by atoms with Gasteiger partial charge in [0.15, 0.2) is 0 Å². The van der Waals surface area contributed by atoms with Crippen molar-refractivity contribution in [3.8, 4) is 16.9 Å². The first-order chi connectivity index (χ1) is 26.8. The lowest BCUT2D eigenvalue weighted by Gasteiger charge is -2.34. The maximum absolute atomic E-state index is 15.2. The van der Waals surface area contributed by atoms with Gasteiger partial charge in [-0.05, 0) is 119 Å². The van der Waals surface area contributed by atoms with E-state index in [1.807, 2.05) is 67.7 Å². The van der Waals surface area contributed by atoms with E-state index in [2.05, 4.69) is 23.1 Å². The highest BCUT2D eigenvalue weighted by Crippen LogP contribution is 2.46. The molecule has 1 unspecified atom stereocenters. The normalized spacial score (nSPS) is 16.3. The molecule has 1 atom stereocenters. The van der Waals surface area contributed by atoms with Crippen molar-refractivity contribution < 1.29 is 24.2 Å². The van der Waals surface area contributed by atoms with E-state index in [1.165, 1.54) is 0 Å². The van der Waals surface area contributed by atoms with Crippen LogP contribution in [0.3, 0.4) is 0 Å². The second-order valence-electron chi connectivity index (χ2n) is 15.5. The van der Waals surface area contributed by atoms with Crippen molar-refractivity contribution in [2.24, 2.45) is 13.0 Å². The van der Waals surface area contributed by atoms with Gasteiger partial charge in [-0.25, -0.2) is 4.79 Å². The number of aryl methyl sites for hydroxylation is 5. The van der Waals surface area contributed by atoms with Gasteiger partial charge in [0.1, 0.15) is 11.4 Å². The number of carboxylic acids is 1. The second kappa shape index (κ2) is 15.0. The minimum Gasteiger partial charge on any atom is -0.494 e. The van der Waals surface area contributed by atoms with E-state index in [-0.39, 0.29) is 17.5 Å². The van der Waals surface area contributed by atoms with Gasteiger partial charge in [0.25, 0.3) is 5.91 Å². The van der Waals surface area contributed by atoms with Crippen molar-refractivity contribution >= 4 is 62.6 Å². The van der Waals surface area contributed by atoms with E-state index in [0.717, 1.165) is 99.0 Å². The van der Waals surface area contributed by atoms with Crippen molar-refractivity contribution in [3.63, 3.8) is 0 Å². The van der Waals surface area contributed by atoms with Crippen LogP contribution in [0.2, 0.25) is 10.0 Å². The molecule has 8 rings (SSSR count). The lowest BCUT2D eigenvalue weighted by Crippen LogP contribution is -2.42. The number of halogens is 2. The largest absolute Gasteiger partial charge is 0.494 e. The topological polar surface area (TPSA) is 104 Å². The molecule has 2 aliphatic rings. The zero-order valence-electron chi connectivity index (χ0n) is 32.7. The molecule has 2 aliphatic heterocycles. The van der Waals surface area contributed by atoms with Crippen LogP contribution in [0.25, 0.3) is 32.9 Å². The number of ether oxygens (including phenoxy) is 2. The summed E-state index contributed by atoms with van der Waals surface area (Å²) in [5, 5.41) is 17.9. The first kappa shape index (κ1) is 38.1. The standard InChI is InChI=1S/C44H47Cl2N5O5/c1-24-18-31(19-25(2)40(24)46)56-15-7-8-32-33-10-11-35(45)39(38-27(4)47-50(28(38)5)22-29-13-16-55-17-14-29)41(33)51-26(3)21-49(43(52)42(32)51)37-23-48(6)36-12-9-30(44(53)54)20-34(36)37/h9-12,18-20,23,26,29H,7-8,13-17,21-22H2,1-6H3,(H,53,54). The number of amides is 1. The van der Waals surface area contributed by atoms with E-state index in [1.54, 1.807) is 18.2 Å². The number of carbonyl (C=O) groups is 2. The summed E-state index contributed by atoms with van der Waals surface area (Å²) in [6.45, 7) is 13.4. The Labute approximate surface area is 336 Å². The Morgan fingerprint density at radius 3 is 2.45 bits per heavy atom. The van der Waals surface area contributed by atoms with Crippen LogP contribution in [0.5, 0.6) is 5.75 Å². The van der Waals surface area contributed by atoms with Crippen LogP contribution < -0.4 is 9.64 Å². The third-order valence-corrected chi connectivity index (χ3v) is 12.6. The number of carboxylic acid groups (broad SMARTS) is 1. The molecular formula is C44H47Cl2N5O5. The molecule has 0 spiro atoms. The number of fused-ring (bicyclic) bond motifs is 4. The first-order valence-electron chi connectivity index (χ1n) is 19.3. The number of benzene rings is 3. The molecule has 6 aromatic rings. The molecule has 0 aliphatic carbocycles. The Morgan fingerprint density at radius 1 is 1.00 bits per heavy atom. The van der Waals surface area contributed by atoms with Gasteiger partial charge in [-0.3, -0.25) is 9.48 Å². The molecule has 3 aromatic heterocycles. The summed E-state index contributed by atoms with van der Waals surface area (Å²) in [6.07, 6.45) is 5.17. The molecule has 0 bridgehead atoms. The van der Waals surface area contributed by atoms with Crippen LogP contribution in [0.1, 0.15) is 81.2 Å². The maximum Gasteiger partial charge on any atom is 0.335 e. The lowest BCUT2D eigenvalue weighted by molar-refractivity contribution is 0.0599. The Bertz CT molecular complexity index is 2520. The Kier molecular flexibility index (Phi) is 10.2. The van der Waals surface area contributed by atoms with Crippen molar-refractivity contribution in [3.05, 3.63) is 98.0 Å². The van der Waals surface area contributed by atoms with Gasteiger partial charge in [-0.1, -0.05) is 29.3 Å². The molecule has 1 N–H and O–H groups in total. The van der Waals surface area contributed by atoms with Crippen LogP contribution in [-0.4, -0.2) is 62.3 Å². The number of carbonyl (C=O) groups excluding carboxylic acids is 1. The number of rotatable bonds is 10. The Balaban J connectivity index is 1.25. The zero-order chi connectivity index (χ0) is 39.6. The second-order valence-corrected chi connectivity index (χ2v) is 16.3. The van der Waals surface area contributed by atoms with E-state index in [9.17, 15) is 9.90 Å². The van der Waals surface area contributed by atoms with E-state index < -0.39 is 5.97 Å². The Hall–Kier alpha value is -4.77. The number of anilines is 1. The highest BCUT2D eigenvalue weighted by atomic mass is 35.5. The number of nitrogens with zero attached hydrogens (tertiary/aromatic N) is 5. The molecule has 56 heavy (non-hydrogen) atoms. The fourth-order valence-corrected chi connectivity index (χ4v) is 9.29. The fourth-order valence-electron chi connectivity index (χ4n) is 8.93. The van der Waals surface area contributed by atoms with Crippen LogP contribution in [-0.2, 0) is 24.8 Å². The Morgan fingerprint density at radius 2 is 1.73 bits per heavy atom. The summed E-state index contributed by atoms with van der Waals surface area (Å²) in [4.78, 5) is 29.0. The first-order valence-corrected chi connectivity index (χ1v) is 20.1. The molecule has 1 fully saturated rings. The van der Waals surface area contributed by atoms with Gasteiger partial charge in [0.2, 0.25) is 0 Å². The summed E-state index contributed by atoms with van der Waals surface area (Å²) in [7, 11) is 1.91. The monoisotopic (exact) mass is 795 g/mol. The van der Waals surface area contributed by atoms with E-state index in [4.69, 9.17) is 37.8 Å². The number of aromatic carboxylic acids is 1. The van der Waals surface area contributed by atoms with Crippen molar-refractivity contribution in [2.45, 2.75) is 72.9 Å². The quantitative estimate of drug-likeness (QED) is 0.139. The van der Waals surface area contributed by atoms with Crippen LogP contribution in [0.15, 0.2) is 48.7 Å². The molecule has 3 aromatic carbocycles. The molecule has 12 heteroatoms. The molecule has 1 saturated heterocycles. The van der Waals surface area contributed by atoms with Crippen LogP contribution in [0, 0.1) is 33.6 Å². The summed E-state index contributed by atoms with van der Waals surface area (Å²) in [5.74, 6) is 0.0945. The molecule has 292 valence electrons. The van der Waals surface area contributed by atoms with Gasteiger partial charge in [-0.15, -0.1) is 0 Å². The minimum absolute atomic E-state index is 0.141. The minimum atomic E-state index is -1.01. The maximum atomic E-state index is 15.2. The highest BCUT2D eigenvalue weighted by molar-refractivity contribution is 6.35. The fraction of sp³-hybridized carbons (Fsp3) is 0.386. The van der Waals surface area contributed by atoms with Crippen molar-refractivity contribution in [1.82, 2.24) is 18.9 Å². The van der Waals surface area contributed by atoms with Crippen molar-refractivity contribution in [2.75, 3.05) is 31.3 Å². The number of hydrogen-bond acceptors (Lipinski definition) is 5. The van der Waals surface area contributed by atoms with Gasteiger partial charge < -0.3 is 28.6 Å².